The van der Waals surface area contributed by atoms with Crippen LogP contribution in [0.1, 0.15) is 23.3 Å². The number of hydrogen-bond donors (Lipinski definition) is 1. The van der Waals surface area contributed by atoms with Gasteiger partial charge in [-0.3, -0.25) is 0 Å². The summed E-state index contributed by atoms with van der Waals surface area (Å²) in [6, 6.07) is 2.32. The van der Waals surface area contributed by atoms with E-state index in [0.717, 1.165) is 6.54 Å². The lowest BCUT2D eigenvalue weighted by Gasteiger charge is -2.44. The molecular formula is C12H18N2S. The molecule has 1 atom stereocenters. The molecular weight excluding hydrogens is 204 g/mol. The zero-order valence-corrected chi connectivity index (χ0v) is 10.1. The normalized spacial score (nSPS) is 31.8. The lowest BCUT2D eigenvalue weighted by Crippen LogP contribution is -2.55. The Morgan fingerprint density at radius 1 is 1.53 bits per heavy atom. The summed E-state index contributed by atoms with van der Waals surface area (Å²) in [6.45, 7) is 3.59. The van der Waals surface area contributed by atoms with Crippen LogP contribution >= 0.6 is 11.3 Å². The summed E-state index contributed by atoms with van der Waals surface area (Å²) in [5.74, 6) is 0. The van der Waals surface area contributed by atoms with Gasteiger partial charge in [-0.15, -0.1) is 11.3 Å². The molecule has 0 radical (unpaired) electrons. The van der Waals surface area contributed by atoms with Crippen molar-refractivity contribution in [3.05, 3.63) is 21.9 Å². The fraction of sp³-hybridized carbons (Fsp3) is 0.667. The minimum atomic E-state index is 0.286. The molecule has 3 rings (SSSR count). The van der Waals surface area contributed by atoms with Crippen LogP contribution in [0.25, 0.3) is 0 Å². The molecule has 1 aromatic heterocycles. The standard InChI is InChI=1S/C12H18N2S/c1-14-7-2-5-12(9-14)11-10(3-6-13-12)4-8-15-11/h4,8,13H,2-3,5-7,9H2,1H3. The largest absolute Gasteiger partial charge is 0.305 e. The Morgan fingerprint density at radius 3 is 3.33 bits per heavy atom. The molecule has 0 bridgehead atoms. The Balaban J connectivity index is 1.99. The van der Waals surface area contributed by atoms with Gasteiger partial charge >= 0.3 is 0 Å². The van der Waals surface area contributed by atoms with Crippen molar-refractivity contribution < 1.29 is 0 Å². The molecule has 15 heavy (non-hydrogen) atoms. The molecule has 1 fully saturated rings. The molecule has 0 aromatic carbocycles. The van der Waals surface area contributed by atoms with Crippen molar-refractivity contribution in [3.8, 4) is 0 Å². The van der Waals surface area contributed by atoms with Crippen molar-refractivity contribution in [2.45, 2.75) is 24.8 Å². The Labute approximate surface area is 95.3 Å². The molecule has 0 aliphatic carbocycles. The maximum Gasteiger partial charge on any atom is 0.0660 e. The molecule has 1 aromatic rings. The first-order valence-corrected chi connectivity index (χ1v) is 6.69. The van der Waals surface area contributed by atoms with Crippen LogP contribution in [0, 0.1) is 0 Å². The SMILES string of the molecule is CN1CCCC2(C1)NCCc1ccsc12. The third-order valence-electron chi connectivity index (χ3n) is 3.72. The minimum absolute atomic E-state index is 0.286. The van der Waals surface area contributed by atoms with Crippen molar-refractivity contribution in [1.29, 1.82) is 0 Å². The van der Waals surface area contributed by atoms with E-state index in [2.05, 4.69) is 28.7 Å². The second kappa shape index (κ2) is 3.58. The van der Waals surface area contributed by atoms with E-state index in [9.17, 15) is 0 Å². The first kappa shape index (κ1) is 9.82. The summed E-state index contributed by atoms with van der Waals surface area (Å²) in [7, 11) is 2.24. The van der Waals surface area contributed by atoms with Gasteiger partial charge in [0.15, 0.2) is 0 Å². The van der Waals surface area contributed by atoms with E-state index in [1.165, 1.54) is 32.4 Å². The topological polar surface area (TPSA) is 15.3 Å². The van der Waals surface area contributed by atoms with E-state index in [1.54, 1.807) is 10.4 Å². The summed E-state index contributed by atoms with van der Waals surface area (Å²) in [6.07, 6.45) is 3.84. The summed E-state index contributed by atoms with van der Waals surface area (Å²) < 4.78 is 0. The van der Waals surface area contributed by atoms with Crippen LogP contribution in [0.4, 0.5) is 0 Å². The van der Waals surface area contributed by atoms with Gasteiger partial charge in [0.2, 0.25) is 0 Å². The molecule has 82 valence electrons. The minimum Gasteiger partial charge on any atom is -0.305 e. The van der Waals surface area contributed by atoms with Gasteiger partial charge in [-0.2, -0.15) is 0 Å². The fourth-order valence-corrected chi connectivity index (χ4v) is 4.22. The molecule has 2 aliphatic rings. The summed E-state index contributed by atoms with van der Waals surface area (Å²) in [5, 5.41) is 6.03. The van der Waals surface area contributed by atoms with E-state index in [4.69, 9.17) is 0 Å². The molecule has 1 unspecified atom stereocenters. The molecule has 1 spiro atoms. The van der Waals surface area contributed by atoms with Gasteiger partial charge in [0.25, 0.3) is 0 Å². The summed E-state index contributed by atoms with van der Waals surface area (Å²) >= 11 is 1.94. The number of hydrogen-bond acceptors (Lipinski definition) is 3. The number of rotatable bonds is 0. The van der Waals surface area contributed by atoms with E-state index >= 15 is 0 Å². The molecule has 1 saturated heterocycles. The number of likely N-dealkylation sites (tertiary alicyclic amines) is 1. The number of fused-ring (bicyclic) bond motifs is 2. The Bertz CT molecular complexity index is 360. The van der Waals surface area contributed by atoms with Crippen molar-refractivity contribution in [1.82, 2.24) is 10.2 Å². The predicted molar refractivity (Wildman–Crippen MR) is 64.4 cm³/mol. The van der Waals surface area contributed by atoms with Gasteiger partial charge in [0.05, 0.1) is 5.54 Å². The van der Waals surface area contributed by atoms with Crippen LogP contribution < -0.4 is 5.32 Å². The lowest BCUT2D eigenvalue weighted by molar-refractivity contribution is 0.141. The van der Waals surface area contributed by atoms with Crippen molar-refractivity contribution in [3.63, 3.8) is 0 Å². The first-order chi connectivity index (χ1) is 7.30. The number of nitrogens with zero attached hydrogens (tertiary/aromatic N) is 1. The van der Waals surface area contributed by atoms with Gasteiger partial charge < -0.3 is 10.2 Å². The molecule has 2 aliphatic heterocycles. The highest BCUT2D eigenvalue weighted by Crippen LogP contribution is 2.38. The predicted octanol–water partition coefficient (Wildman–Crippen LogP) is 1.81. The summed E-state index contributed by atoms with van der Waals surface area (Å²) in [5.41, 5.74) is 1.88. The number of likely N-dealkylation sites (N-methyl/N-ethyl adjacent to an activating group) is 1. The summed E-state index contributed by atoms with van der Waals surface area (Å²) in [4.78, 5) is 4.08. The number of thiophene rings is 1. The maximum absolute atomic E-state index is 3.78. The van der Waals surface area contributed by atoms with Crippen molar-refractivity contribution >= 4 is 11.3 Å². The molecule has 3 heteroatoms. The third kappa shape index (κ3) is 1.53. The first-order valence-electron chi connectivity index (χ1n) is 5.81. The third-order valence-corrected chi connectivity index (χ3v) is 4.88. The molecule has 2 nitrogen and oxygen atoms in total. The highest BCUT2D eigenvalue weighted by molar-refractivity contribution is 7.10. The van der Waals surface area contributed by atoms with Crippen molar-refractivity contribution in [2.75, 3.05) is 26.7 Å². The van der Waals surface area contributed by atoms with Gasteiger partial charge in [0.1, 0.15) is 0 Å². The van der Waals surface area contributed by atoms with Gasteiger partial charge in [-0.25, -0.2) is 0 Å². The Morgan fingerprint density at radius 2 is 2.47 bits per heavy atom. The second-order valence-electron chi connectivity index (χ2n) is 4.88. The maximum atomic E-state index is 3.78. The highest BCUT2D eigenvalue weighted by Gasteiger charge is 2.39. The Hall–Kier alpha value is -0.380. The van der Waals surface area contributed by atoms with Gasteiger partial charge in [-0.1, -0.05) is 0 Å². The van der Waals surface area contributed by atoms with Crippen LogP contribution in [0.2, 0.25) is 0 Å². The van der Waals surface area contributed by atoms with E-state index in [-0.39, 0.29) is 5.54 Å². The second-order valence-corrected chi connectivity index (χ2v) is 5.79. The zero-order chi connectivity index (χ0) is 10.3. The average molecular weight is 222 g/mol. The van der Waals surface area contributed by atoms with Crippen LogP contribution in [0.15, 0.2) is 11.4 Å². The van der Waals surface area contributed by atoms with Crippen molar-refractivity contribution in [2.24, 2.45) is 0 Å². The monoisotopic (exact) mass is 222 g/mol. The van der Waals surface area contributed by atoms with E-state index in [0.29, 0.717) is 0 Å². The average Bonchev–Trinajstić information content (AvgIpc) is 2.67. The molecule has 3 heterocycles. The molecule has 0 amide bonds. The quantitative estimate of drug-likeness (QED) is 0.720. The van der Waals surface area contributed by atoms with Gasteiger partial charge in [-0.05, 0) is 49.9 Å². The van der Waals surface area contributed by atoms with Crippen LogP contribution in [-0.4, -0.2) is 31.6 Å². The number of piperidine rings is 1. The molecule has 1 N–H and O–H groups in total. The van der Waals surface area contributed by atoms with Crippen LogP contribution in [-0.2, 0) is 12.0 Å². The fourth-order valence-electron chi connectivity index (χ4n) is 3.07. The van der Waals surface area contributed by atoms with Crippen LogP contribution in [0.3, 0.4) is 0 Å². The van der Waals surface area contributed by atoms with E-state index in [1.807, 2.05) is 11.3 Å². The van der Waals surface area contributed by atoms with Crippen LogP contribution in [0.5, 0.6) is 0 Å². The van der Waals surface area contributed by atoms with Gasteiger partial charge in [0, 0.05) is 18.0 Å². The lowest BCUT2D eigenvalue weighted by atomic mass is 9.83. The Kier molecular flexibility index (Phi) is 2.34. The number of nitrogens with one attached hydrogen (secondary N) is 1. The smallest absolute Gasteiger partial charge is 0.0660 e. The van der Waals surface area contributed by atoms with E-state index < -0.39 is 0 Å². The zero-order valence-electron chi connectivity index (χ0n) is 9.25. The highest BCUT2D eigenvalue weighted by atomic mass is 32.1. The molecule has 0 saturated carbocycles.